The van der Waals surface area contributed by atoms with Gasteiger partial charge in [0, 0.05) is 17.7 Å². The molecule has 3 rings (SSSR count). The normalized spacial score (nSPS) is 10.9. The fourth-order valence-corrected chi connectivity index (χ4v) is 3.51. The summed E-state index contributed by atoms with van der Waals surface area (Å²) in [6, 6.07) is 18.1. The number of hydrogen-bond acceptors (Lipinski definition) is 3. The van der Waals surface area contributed by atoms with Gasteiger partial charge in [-0.25, -0.2) is 0 Å². The third-order valence-corrected chi connectivity index (χ3v) is 5.12. The van der Waals surface area contributed by atoms with Gasteiger partial charge in [0.2, 0.25) is 0 Å². The van der Waals surface area contributed by atoms with E-state index in [1.165, 1.54) is 12.1 Å². The molecule has 0 aromatic heterocycles. The molecule has 0 aliphatic rings. The first-order valence-corrected chi connectivity index (χ1v) is 9.21. The Morgan fingerprint density at radius 1 is 0.786 bits per heavy atom. The van der Waals surface area contributed by atoms with Gasteiger partial charge in [0.05, 0.1) is 10.8 Å². The number of rotatable bonds is 5. The van der Waals surface area contributed by atoms with E-state index < -0.39 is 10.8 Å². The number of ketones is 1. The van der Waals surface area contributed by atoms with E-state index in [4.69, 9.17) is 0 Å². The summed E-state index contributed by atoms with van der Waals surface area (Å²) in [4.78, 5) is 24.1. The van der Waals surface area contributed by atoms with E-state index in [1.54, 1.807) is 12.1 Å². The highest BCUT2D eigenvalue weighted by molar-refractivity contribution is 6.03. The first kappa shape index (κ1) is 19.5. The summed E-state index contributed by atoms with van der Waals surface area (Å²) in [5.74, 6) is -0.515. The first-order chi connectivity index (χ1) is 13.3. The van der Waals surface area contributed by atoms with Gasteiger partial charge in [-0.05, 0) is 62.1 Å². The molecule has 0 heterocycles. The molecule has 142 valence electrons. The van der Waals surface area contributed by atoms with Crippen molar-refractivity contribution in [2.75, 3.05) is 0 Å². The Balaban J connectivity index is 2.18. The van der Waals surface area contributed by atoms with E-state index in [0.717, 1.165) is 33.4 Å². The van der Waals surface area contributed by atoms with E-state index >= 15 is 0 Å². The topological polar surface area (TPSA) is 60.2 Å². The molecular formula is C24H23NO3. The molecule has 4 heteroatoms. The van der Waals surface area contributed by atoms with E-state index in [0.29, 0.717) is 5.56 Å². The quantitative estimate of drug-likeness (QED) is 0.320. The van der Waals surface area contributed by atoms with Crippen LogP contribution in [0.25, 0.3) is 0 Å². The highest BCUT2D eigenvalue weighted by atomic mass is 16.6. The average molecular weight is 373 g/mol. The summed E-state index contributed by atoms with van der Waals surface area (Å²) < 4.78 is 0. The number of nitro benzene ring substituents is 1. The third-order valence-electron chi connectivity index (χ3n) is 5.12. The van der Waals surface area contributed by atoms with Crippen molar-refractivity contribution in [1.82, 2.24) is 0 Å². The van der Waals surface area contributed by atoms with Crippen LogP contribution in [0, 0.1) is 37.8 Å². The number of benzene rings is 3. The number of nitrogens with zero attached hydrogens (tertiary/aromatic N) is 1. The molecule has 28 heavy (non-hydrogen) atoms. The van der Waals surface area contributed by atoms with Crippen LogP contribution < -0.4 is 0 Å². The van der Waals surface area contributed by atoms with Crippen molar-refractivity contribution in [3.05, 3.63) is 110 Å². The lowest BCUT2D eigenvalue weighted by atomic mass is 9.80. The standard InChI is InChI=1S/C24H23NO3/c1-15-5-7-17(3)21(13-15)23(22-14-16(2)6-8-18(22)4)24(26)19-9-11-20(12-10-19)25(27)28/h5-14,23H,1-4H3. The Morgan fingerprint density at radius 3 is 1.68 bits per heavy atom. The predicted molar refractivity (Wildman–Crippen MR) is 111 cm³/mol. The molecule has 0 amide bonds. The Kier molecular flexibility index (Phi) is 5.41. The molecule has 0 aliphatic heterocycles. The Labute approximate surface area is 165 Å². The van der Waals surface area contributed by atoms with Crippen LogP contribution in [0.1, 0.15) is 49.7 Å². The lowest BCUT2D eigenvalue weighted by molar-refractivity contribution is -0.384. The second-order valence-corrected chi connectivity index (χ2v) is 7.32. The van der Waals surface area contributed by atoms with Crippen molar-refractivity contribution in [1.29, 1.82) is 0 Å². The van der Waals surface area contributed by atoms with Crippen LogP contribution in [-0.2, 0) is 0 Å². The summed E-state index contributed by atoms with van der Waals surface area (Å²) >= 11 is 0. The number of non-ortho nitro benzene ring substituents is 1. The molecule has 0 bridgehead atoms. The van der Waals surface area contributed by atoms with Crippen molar-refractivity contribution < 1.29 is 9.72 Å². The summed E-state index contributed by atoms with van der Waals surface area (Å²) in [5, 5.41) is 10.9. The number of hydrogen-bond donors (Lipinski definition) is 0. The van der Waals surface area contributed by atoms with Crippen molar-refractivity contribution in [3.8, 4) is 0 Å². The Hall–Kier alpha value is -3.27. The molecule has 0 saturated carbocycles. The molecule has 0 fully saturated rings. The highest BCUT2D eigenvalue weighted by Crippen LogP contribution is 2.34. The Morgan fingerprint density at radius 2 is 1.25 bits per heavy atom. The maximum Gasteiger partial charge on any atom is 0.269 e. The monoisotopic (exact) mass is 373 g/mol. The minimum atomic E-state index is -0.457. The van der Waals surface area contributed by atoms with E-state index in [2.05, 4.69) is 12.1 Å². The predicted octanol–water partition coefficient (Wildman–Crippen LogP) is 5.84. The van der Waals surface area contributed by atoms with Gasteiger partial charge in [0.25, 0.3) is 5.69 Å². The number of carbonyl (C=O) groups is 1. The number of carbonyl (C=O) groups excluding carboxylic acids is 1. The fraction of sp³-hybridized carbons (Fsp3) is 0.208. The molecule has 0 unspecified atom stereocenters. The van der Waals surface area contributed by atoms with Crippen molar-refractivity contribution >= 4 is 11.5 Å². The van der Waals surface area contributed by atoms with Crippen LogP contribution in [0.4, 0.5) is 5.69 Å². The molecule has 0 atom stereocenters. The number of nitro groups is 1. The summed E-state index contributed by atoms with van der Waals surface area (Å²) in [6.07, 6.45) is 0. The van der Waals surface area contributed by atoms with E-state index in [1.807, 2.05) is 52.0 Å². The first-order valence-electron chi connectivity index (χ1n) is 9.21. The zero-order chi connectivity index (χ0) is 20.4. The molecule has 0 N–H and O–H groups in total. The fourth-order valence-electron chi connectivity index (χ4n) is 3.51. The average Bonchev–Trinajstić information content (AvgIpc) is 2.67. The Bertz CT molecular complexity index is 1000. The van der Waals surface area contributed by atoms with Gasteiger partial charge >= 0.3 is 0 Å². The summed E-state index contributed by atoms with van der Waals surface area (Å²) in [7, 11) is 0. The minimum Gasteiger partial charge on any atom is -0.293 e. The van der Waals surface area contributed by atoms with Gasteiger partial charge in [0.15, 0.2) is 5.78 Å². The second-order valence-electron chi connectivity index (χ2n) is 7.32. The number of aryl methyl sites for hydroxylation is 4. The highest BCUT2D eigenvalue weighted by Gasteiger charge is 2.27. The van der Waals surface area contributed by atoms with Crippen molar-refractivity contribution in [2.45, 2.75) is 33.6 Å². The number of Topliss-reactive ketones (excluding diaryl/α,β-unsaturated/α-hetero) is 1. The zero-order valence-electron chi connectivity index (χ0n) is 16.5. The molecule has 0 radical (unpaired) electrons. The molecule has 0 aliphatic carbocycles. The third kappa shape index (κ3) is 3.86. The van der Waals surface area contributed by atoms with E-state index in [-0.39, 0.29) is 11.5 Å². The smallest absolute Gasteiger partial charge is 0.269 e. The van der Waals surface area contributed by atoms with Gasteiger partial charge in [-0.3, -0.25) is 14.9 Å². The van der Waals surface area contributed by atoms with Crippen LogP contribution in [0.5, 0.6) is 0 Å². The molecule has 0 spiro atoms. The zero-order valence-corrected chi connectivity index (χ0v) is 16.5. The summed E-state index contributed by atoms with van der Waals surface area (Å²) in [6.45, 7) is 8.05. The van der Waals surface area contributed by atoms with Gasteiger partial charge < -0.3 is 0 Å². The molecule has 3 aromatic carbocycles. The van der Waals surface area contributed by atoms with Crippen molar-refractivity contribution in [3.63, 3.8) is 0 Å². The lowest BCUT2D eigenvalue weighted by Crippen LogP contribution is -2.17. The molecule has 4 nitrogen and oxygen atoms in total. The van der Waals surface area contributed by atoms with E-state index in [9.17, 15) is 14.9 Å². The lowest BCUT2D eigenvalue weighted by Gasteiger charge is -2.22. The SMILES string of the molecule is Cc1ccc(C)c(C(C(=O)c2ccc([N+](=O)[O-])cc2)c2cc(C)ccc2C)c1. The van der Waals surface area contributed by atoms with Crippen LogP contribution >= 0.6 is 0 Å². The van der Waals surface area contributed by atoms with Crippen LogP contribution in [0.15, 0.2) is 60.7 Å². The van der Waals surface area contributed by atoms with Gasteiger partial charge in [-0.2, -0.15) is 0 Å². The summed E-state index contributed by atoms with van der Waals surface area (Å²) in [5.41, 5.74) is 6.66. The maximum atomic E-state index is 13.6. The maximum absolute atomic E-state index is 13.6. The second kappa shape index (κ2) is 7.77. The van der Waals surface area contributed by atoms with Crippen molar-refractivity contribution in [2.24, 2.45) is 0 Å². The van der Waals surface area contributed by atoms with Gasteiger partial charge in [0.1, 0.15) is 0 Å². The van der Waals surface area contributed by atoms with Crippen LogP contribution in [0.2, 0.25) is 0 Å². The minimum absolute atomic E-state index is 0.0217. The van der Waals surface area contributed by atoms with Crippen LogP contribution in [0.3, 0.4) is 0 Å². The molecule has 3 aromatic rings. The van der Waals surface area contributed by atoms with Gasteiger partial charge in [-0.1, -0.05) is 47.5 Å². The van der Waals surface area contributed by atoms with Gasteiger partial charge in [-0.15, -0.1) is 0 Å². The largest absolute Gasteiger partial charge is 0.293 e. The molecular weight excluding hydrogens is 350 g/mol. The molecule has 0 saturated heterocycles. The van der Waals surface area contributed by atoms with Crippen LogP contribution in [-0.4, -0.2) is 10.7 Å².